The summed E-state index contributed by atoms with van der Waals surface area (Å²) < 4.78 is 14.5. The Morgan fingerprint density at radius 2 is 1.90 bits per heavy atom. The van der Waals surface area contributed by atoms with E-state index in [1.165, 1.54) is 26.4 Å². The van der Waals surface area contributed by atoms with E-state index in [4.69, 9.17) is 14.6 Å². The van der Waals surface area contributed by atoms with Crippen molar-refractivity contribution < 1.29 is 28.9 Å². The maximum Gasteiger partial charge on any atom is 0.512 e. The average molecular weight is 293 g/mol. The largest absolute Gasteiger partial charge is 0.512 e. The fourth-order valence-corrected chi connectivity index (χ4v) is 1.64. The van der Waals surface area contributed by atoms with Gasteiger partial charge in [0.2, 0.25) is 5.78 Å². The van der Waals surface area contributed by atoms with Crippen molar-refractivity contribution >= 4 is 11.9 Å². The predicted molar refractivity (Wildman–Crippen MR) is 68.0 cm³/mol. The molecule has 0 aliphatic carbocycles. The van der Waals surface area contributed by atoms with E-state index >= 15 is 0 Å². The van der Waals surface area contributed by atoms with Crippen LogP contribution in [0.5, 0.6) is 17.4 Å². The fourth-order valence-electron chi connectivity index (χ4n) is 1.64. The number of carboxylic acid groups (broad SMARTS) is 1. The first kappa shape index (κ1) is 14.3. The molecular weight excluding hydrogens is 282 g/mol. The number of nitrogens with one attached hydrogen (secondary N) is 1. The molecule has 0 radical (unpaired) electrons. The van der Waals surface area contributed by atoms with E-state index < -0.39 is 17.8 Å². The summed E-state index contributed by atoms with van der Waals surface area (Å²) in [6.07, 6.45) is -1.59. The molecule has 0 amide bonds. The topological polar surface area (TPSA) is 124 Å². The summed E-state index contributed by atoms with van der Waals surface area (Å²) >= 11 is 0. The molecule has 0 saturated carbocycles. The number of carbonyl (C=O) groups excluding carboxylic acids is 1. The van der Waals surface area contributed by atoms with Crippen LogP contribution in [0.3, 0.4) is 0 Å². The Morgan fingerprint density at radius 3 is 2.52 bits per heavy atom. The lowest BCUT2D eigenvalue weighted by molar-refractivity contribution is 0.102. The number of rotatable bonds is 5. The lowest BCUT2D eigenvalue weighted by Crippen LogP contribution is -2.09. The molecule has 9 heteroatoms. The molecule has 2 aromatic rings. The highest BCUT2D eigenvalue weighted by atomic mass is 16.7. The van der Waals surface area contributed by atoms with Crippen LogP contribution in [0.4, 0.5) is 4.79 Å². The number of ketones is 1. The summed E-state index contributed by atoms with van der Waals surface area (Å²) in [5, 5.41) is 17.6. The lowest BCUT2D eigenvalue weighted by Gasteiger charge is -2.08. The molecule has 1 aromatic heterocycles. The minimum Gasteiger partial charge on any atom is -0.493 e. The summed E-state index contributed by atoms with van der Waals surface area (Å²) in [5.74, 6) is -0.144. The lowest BCUT2D eigenvalue weighted by atomic mass is 10.1. The first-order chi connectivity index (χ1) is 10.1. The van der Waals surface area contributed by atoms with Gasteiger partial charge >= 0.3 is 6.16 Å². The summed E-state index contributed by atoms with van der Waals surface area (Å²) in [6, 6.07) is 4.50. The number of nitrogens with zero attached hydrogens (tertiary/aromatic N) is 2. The van der Waals surface area contributed by atoms with Crippen molar-refractivity contribution in [3.8, 4) is 17.4 Å². The van der Waals surface area contributed by atoms with Crippen LogP contribution >= 0.6 is 0 Å². The maximum absolute atomic E-state index is 12.3. The molecule has 1 heterocycles. The van der Waals surface area contributed by atoms with E-state index in [0.29, 0.717) is 11.5 Å². The van der Waals surface area contributed by atoms with Crippen molar-refractivity contribution in [1.29, 1.82) is 0 Å². The van der Waals surface area contributed by atoms with Crippen LogP contribution < -0.4 is 14.2 Å². The molecule has 21 heavy (non-hydrogen) atoms. The van der Waals surface area contributed by atoms with Gasteiger partial charge in [0.05, 0.1) is 14.2 Å². The van der Waals surface area contributed by atoms with E-state index in [1.807, 2.05) is 0 Å². The molecular formula is C12H11N3O6. The molecule has 2 N–H and O–H groups in total. The van der Waals surface area contributed by atoms with Crippen LogP contribution in [-0.2, 0) is 0 Å². The molecule has 0 saturated heterocycles. The van der Waals surface area contributed by atoms with Gasteiger partial charge in [0.25, 0.3) is 5.88 Å². The Hall–Kier alpha value is -3.10. The summed E-state index contributed by atoms with van der Waals surface area (Å²) in [4.78, 5) is 22.8. The van der Waals surface area contributed by atoms with Crippen LogP contribution in [0.25, 0.3) is 0 Å². The number of carbonyl (C=O) groups is 2. The van der Waals surface area contributed by atoms with Crippen LogP contribution in [-0.4, -0.2) is 46.7 Å². The quantitative estimate of drug-likeness (QED) is 0.620. The molecule has 9 nitrogen and oxygen atoms in total. The van der Waals surface area contributed by atoms with Gasteiger partial charge in [0, 0.05) is 5.56 Å². The zero-order valence-electron chi connectivity index (χ0n) is 11.1. The minimum atomic E-state index is -1.59. The van der Waals surface area contributed by atoms with E-state index in [-0.39, 0.29) is 11.3 Å². The number of hydrogen-bond acceptors (Lipinski definition) is 7. The number of methoxy groups -OCH3 is 2. The van der Waals surface area contributed by atoms with E-state index in [1.54, 1.807) is 6.07 Å². The van der Waals surface area contributed by atoms with Crippen molar-refractivity contribution in [3.63, 3.8) is 0 Å². The predicted octanol–water partition coefficient (Wildman–Crippen LogP) is 1.11. The van der Waals surface area contributed by atoms with Crippen molar-refractivity contribution in [2.45, 2.75) is 0 Å². The molecule has 0 aliphatic rings. The van der Waals surface area contributed by atoms with Gasteiger partial charge in [-0.2, -0.15) is 0 Å². The van der Waals surface area contributed by atoms with Gasteiger partial charge in [-0.25, -0.2) is 4.79 Å². The molecule has 0 aliphatic heterocycles. The normalized spacial score (nSPS) is 10.0. The number of ether oxygens (including phenoxy) is 3. The summed E-state index contributed by atoms with van der Waals surface area (Å²) in [7, 11) is 2.90. The van der Waals surface area contributed by atoms with Crippen molar-refractivity contribution in [2.24, 2.45) is 0 Å². The van der Waals surface area contributed by atoms with Crippen LogP contribution in [0.1, 0.15) is 16.1 Å². The summed E-state index contributed by atoms with van der Waals surface area (Å²) in [5.41, 5.74) is 0.0542. The minimum absolute atomic E-state index is 0.176. The second kappa shape index (κ2) is 5.90. The molecule has 0 spiro atoms. The number of aromatic nitrogens is 3. The molecule has 1 aromatic carbocycles. The molecule has 110 valence electrons. The van der Waals surface area contributed by atoms with Gasteiger partial charge in [0.15, 0.2) is 17.2 Å². The van der Waals surface area contributed by atoms with Crippen LogP contribution in [0.15, 0.2) is 18.2 Å². The Kier molecular flexibility index (Phi) is 4.02. The smallest absolute Gasteiger partial charge is 0.493 e. The number of benzene rings is 1. The van der Waals surface area contributed by atoms with Crippen LogP contribution in [0.2, 0.25) is 0 Å². The van der Waals surface area contributed by atoms with Gasteiger partial charge in [-0.05, 0) is 18.2 Å². The Balaban J connectivity index is 2.36. The molecule has 0 unspecified atom stereocenters. The van der Waals surface area contributed by atoms with Gasteiger partial charge < -0.3 is 19.3 Å². The standard InChI is InChI=1S/C12H11N3O6/c1-19-7-4-3-6(5-8(7)20-2)10(16)9-11(14-15-13-9)21-12(17)18/h3-5H,1-2H3,(H,17,18)(H,13,14,15). The van der Waals surface area contributed by atoms with E-state index in [2.05, 4.69) is 20.1 Å². The Bertz CT molecular complexity index is 681. The third-order valence-electron chi connectivity index (χ3n) is 2.57. The number of H-pyrrole nitrogens is 1. The number of aromatic amines is 1. The average Bonchev–Trinajstić information content (AvgIpc) is 2.92. The summed E-state index contributed by atoms with van der Waals surface area (Å²) in [6.45, 7) is 0. The first-order valence-corrected chi connectivity index (χ1v) is 5.65. The zero-order chi connectivity index (χ0) is 15.4. The van der Waals surface area contributed by atoms with E-state index in [9.17, 15) is 9.59 Å². The zero-order valence-corrected chi connectivity index (χ0v) is 11.1. The first-order valence-electron chi connectivity index (χ1n) is 5.65. The Labute approximate surface area is 118 Å². The van der Waals surface area contributed by atoms with Crippen LogP contribution in [0, 0.1) is 0 Å². The van der Waals surface area contributed by atoms with Gasteiger partial charge in [0.1, 0.15) is 0 Å². The molecule has 0 fully saturated rings. The Morgan fingerprint density at radius 1 is 1.19 bits per heavy atom. The van der Waals surface area contributed by atoms with Gasteiger partial charge in [-0.3, -0.25) is 9.89 Å². The second-order valence-corrected chi connectivity index (χ2v) is 3.76. The number of hydrogen-bond donors (Lipinski definition) is 2. The highest BCUT2D eigenvalue weighted by Gasteiger charge is 2.22. The third-order valence-corrected chi connectivity index (χ3v) is 2.57. The van der Waals surface area contributed by atoms with E-state index in [0.717, 1.165) is 0 Å². The van der Waals surface area contributed by atoms with Crippen molar-refractivity contribution in [2.75, 3.05) is 14.2 Å². The molecule has 0 bridgehead atoms. The maximum atomic E-state index is 12.3. The van der Waals surface area contributed by atoms with Gasteiger partial charge in [-0.15, -0.1) is 0 Å². The molecule has 2 rings (SSSR count). The molecule has 0 atom stereocenters. The monoisotopic (exact) mass is 293 g/mol. The highest BCUT2D eigenvalue weighted by molar-refractivity contribution is 6.09. The fraction of sp³-hybridized carbons (Fsp3) is 0.167. The van der Waals surface area contributed by atoms with Gasteiger partial charge in [-0.1, -0.05) is 10.3 Å². The SMILES string of the molecule is COc1ccc(C(=O)c2[nH]nnc2OC(=O)O)cc1OC. The highest BCUT2D eigenvalue weighted by Crippen LogP contribution is 2.29. The van der Waals surface area contributed by atoms with Crippen molar-refractivity contribution in [1.82, 2.24) is 15.4 Å². The second-order valence-electron chi connectivity index (χ2n) is 3.76. The van der Waals surface area contributed by atoms with Crippen molar-refractivity contribution in [3.05, 3.63) is 29.5 Å². The third kappa shape index (κ3) is 2.91.